The van der Waals surface area contributed by atoms with E-state index in [0.717, 1.165) is 71.5 Å². The number of rotatable bonds is 5. The van der Waals surface area contributed by atoms with Crippen LogP contribution in [0.4, 0.5) is 11.8 Å². The Labute approximate surface area is 124 Å². The molecule has 8 heteroatoms. The first-order valence-corrected chi connectivity index (χ1v) is 7.48. The van der Waals surface area contributed by atoms with Crippen LogP contribution >= 0.6 is 0 Å². The molecule has 0 unspecified atom stereocenters. The Morgan fingerprint density at radius 3 is 2.52 bits per heavy atom. The van der Waals surface area contributed by atoms with Crippen molar-refractivity contribution in [3.63, 3.8) is 0 Å². The largest absolute Gasteiger partial charge is 0.379 e. The van der Waals surface area contributed by atoms with Crippen LogP contribution < -0.4 is 10.2 Å². The quantitative estimate of drug-likeness (QED) is 0.775. The van der Waals surface area contributed by atoms with Gasteiger partial charge in [-0.3, -0.25) is 4.90 Å². The Hall–Kier alpha value is -1.51. The molecule has 0 aliphatic carbocycles. The molecule has 0 spiro atoms. The normalized spacial score (nSPS) is 20.5. The first kappa shape index (κ1) is 14.4. The van der Waals surface area contributed by atoms with Crippen molar-refractivity contribution in [2.45, 2.75) is 0 Å². The predicted octanol–water partition coefficient (Wildman–Crippen LogP) is -0.548. The molecular formula is C13H22N6O2. The van der Waals surface area contributed by atoms with Gasteiger partial charge in [-0.05, 0) is 0 Å². The van der Waals surface area contributed by atoms with Crippen LogP contribution in [0.1, 0.15) is 0 Å². The summed E-state index contributed by atoms with van der Waals surface area (Å²) in [6.07, 6.45) is 1.71. The molecule has 8 nitrogen and oxygen atoms in total. The second-order valence-corrected chi connectivity index (χ2v) is 5.12. The summed E-state index contributed by atoms with van der Waals surface area (Å²) in [5, 5.41) is 11.3. The van der Waals surface area contributed by atoms with Gasteiger partial charge in [0, 0.05) is 39.3 Å². The molecule has 2 aliphatic rings. The summed E-state index contributed by atoms with van der Waals surface area (Å²) in [4.78, 5) is 9.06. The van der Waals surface area contributed by atoms with E-state index in [1.54, 1.807) is 6.20 Å². The second-order valence-electron chi connectivity index (χ2n) is 5.12. The minimum Gasteiger partial charge on any atom is -0.379 e. The molecular weight excluding hydrogens is 272 g/mol. The number of nitrogens with zero attached hydrogens (tertiary/aromatic N) is 5. The van der Waals surface area contributed by atoms with Crippen molar-refractivity contribution in [2.75, 3.05) is 75.9 Å². The molecule has 2 saturated heterocycles. The fraction of sp³-hybridized carbons (Fsp3) is 0.769. The van der Waals surface area contributed by atoms with Crippen LogP contribution in [0.15, 0.2) is 6.20 Å². The van der Waals surface area contributed by atoms with Gasteiger partial charge >= 0.3 is 0 Å². The first-order chi connectivity index (χ1) is 10.4. The summed E-state index contributed by atoms with van der Waals surface area (Å²) >= 11 is 0. The molecule has 0 radical (unpaired) electrons. The topological polar surface area (TPSA) is 75.6 Å². The molecule has 2 fully saturated rings. The third kappa shape index (κ3) is 4.23. The lowest BCUT2D eigenvalue weighted by Crippen LogP contribution is -2.39. The van der Waals surface area contributed by atoms with E-state index in [1.165, 1.54) is 0 Å². The highest BCUT2D eigenvalue weighted by Gasteiger charge is 2.14. The van der Waals surface area contributed by atoms with Gasteiger partial charge in [0.2, 0.25) is 5.95 Å². The maximum atomic E-state index is 5.35. The molecule has 0 amide bonds. The maximum absolute atomic E-state index is 5.35. The zero-order chi connectivity index (χ0) is 14.3. The van der Waals surface area contributed by atoms with E-state index in [-0.39, 0.29) is 0 Å². The lowest BCUT2D eigenvalue weighted by Gasteiger charge is -2.27. The van der Waals surface area contributed by atoms with E-state index in [0.29, 0.717) is 5.95 Å². The smallest absolute Gasteiger partial charge is 0.244 e. The van der Waals surface area contributed by atoms with E-state index in [9.17, 15) is 0 Å². The summed E-state index contributed by atoms with van der Waals surface area (Å²) in [6.45, 7) is 8.60. The van der Waals surface area contributed by atoms with Gasteiger partial charge in [-0.15, -0.1) is 5.10 Å². The maximum Gasteiger partial charge on any atom is 0.244 e. The van der Waals surface area contributed by atoms with Crippen LogP contribution in [0.3, 0.4) is 0 Å². The summed E-state index contributed by atoms with van der Waals surface area (Å²) in [6, 6.07) is 0. The van der Waals surface area contributed by atoms with Gasteiger partial charge in [0.05, 0.1) is 32.6 Å². The number of anilines is 2. The highest BCUT2D eigenvalue weighted by atomic mass is 16.5. The summed E-state index contributed by atoms with van der Waals surface area (Å²) in [5.41, 5.74) is 0. The van der Waals surface area contributed by atoms with Crippen molar-refractivity contribution in [1.82, 2.24) is 20.1 Å². The number of nitrogens with one attached hydrogen (secondary N) is 1. The monoisotopic (exact) mass is 294 g/mol. The molecule has 0 bridgehead atoms. The molecule has 1 aromatic heterocycles. The summed E-state index contributed by atoms with van der Waals surface area (Å²) < 4.78 is 10.7. The molecule has 1 N–H and O–H groups in total. The Morgan fingerprint density at radius 1 is 1.05 bits per heavy atom. The molecule has 1 aromatic rings. The average molecular weight is 294 g/mol. The SMILES string of the molecule is c1nnc(NCCN2CCOCC2)nc1N1CCOCC1. The highest BCUT2D eigenvalue weighted by Crippen LogP contribution is 2.12. The van der Waals surface area contributed by atoms with Gasteiger partial charge in [-0.2, -0.15) is 10.1 Å². The standard InChI is InChI=1S/C13H22N6O2/c1(2-18-3-7-20-8-4-18)14-13-16-12(11-15-17-13)19-5-9-21-10-6-19/h11H,1-10H2,(H,14,16,17). The number of aromatic nitrogens is 3. The Morgan fingerprint density at radius 2 is 1.76 bits per heavy atom. The van der Waals surface area contributed by atoms with Crippen molar-refractivity contribution in [2.24, 2.45) is 0 Å². The van der Waals surface area contributed by atoms with Crippen LogP contribution in [-0.2, 0) is 9.47 Å². The van der Waals surface area contributed by atoms with Gasteiger partial charge in [0.25, 0.3) is 0 Å². The van der Waals surface area contributed by atoms with Crippen LogP contribution in [0.5, 0.6) is 0 Å². The molecule has 2 aliphatic heterocycles. The van der Waals surface area contributed by atoms with Crippen LogP contribution in [0.2, 0.25) is 0 Å². The van der Waals surface area contributed by atoms with Crippen LogP contribution in [-0.4, -0.2) is 85.8 Å². The lowest BCUT2D eigenvalue weighted by atomic mass is 10.4. The zero-order valence-electron chi connectivity index (χ0n) is 12.2. The van der Waals surface area contributed by atoms with Gasteiger partial charge in [-0.25, -0.2) is 0 Å². The van der Waals surface area contributed by atoms with Crippen molar-refractivity contribution in [1.29, 1.82) is 0 Å². The van der Waals surface area contributed by atoms with Crippen LogP contribution in [0.25, 0.3) is 0 Å². The minimum atomic E-state index is 0.590. The van der Waals surface area contributed by atoms with E-state index >= 15 is 0 Å². The number of ether oxygens (including phenoxy) is 2. The molecule has 3 heterocycles. The summed E-state index contributed by atoms with van der Waals surface area (Å²) in [7, 11) is 0. The fourth-order valence-electron chi connectivity index (χ4n) is 2.47. The molecule has 0 aromatic carbocycles. The van der Waals surface area contributed by atoms with Crippen molar-refractivity contribution < 1.29 is 9.47 Å². The number of hydrogen-bond donors (Lipinski definition) is 1. The first-order valence-electron chi connectivity index (χ1n) is 7.48. The molecule has 0 saturated carbocycles. The Balaban J connectivity index is 1.48. The fourth-order valence-corrected chi connectivity index (χ4v) is 2.47. The lowest BCUT2D eigenvalue weighted by molar-refractivity contribution is 0.0398. The van der Waals surface area contributed by atoms with Gasteiger partial charge in [0.15, 0.2) is 5.82 Å². The zero-order valence-corrected chi connectivity index (χ0v) is 12.2. The Kier molecular flexibility index (Phi) is 5.14. The molecule has 3 rings (SSSR count). The molecule has 116 valence electrons. The third-order valence-electron chi connectivity index (χ3n) is 3.70. The summed E-state index contributed by atoms with van der Waals surface area (Å²) in [5.74, 6) is 1.45. The van der Waals surface area contributed by atoms with E-state index in [2.05, 4.69) is 30.3 Å². The molecule has 21 heavy (non-hydrogen) atoms. The minimum absolute atomic E-state index is 0.590. The van der Waals surface area contributed by atoms with E-state index in [4.69, 9.17) is 9.47 Å². The second kappa shape index (κ2) is 7.48. The van der Waals surface area contributed by atoms with E-state index < -0.39 is 0 Å². The molecule has 0 atom stereocenters. The number of morpholine rings is 2. The number of hydrogen-bond acceptors (Lipinski definition) is 8. The van der Waals surface area contributed by atoms with E-state index in [1.807, 2.05) is 0 Å². The van der Waals surface area contributed by atoms with Crippen molar-refractivity contribution in [3.05, 3.63) is 6.20 Å². The third-order valence-corrected chi connectivity index (χ3v) is 3.70. The predicted molar refractivity (Wildman–Crippen MR) is 78.6 cm³/mol. The average Bonchev–Trinajstić information content (AvgIpc) is 2.57. The van der Waals surface area contributed by atoms with Gasteiger partial charge < -0.3 is 19.7 Å². The van der Waals surface area contributed by atoms with Crippen LogP contribution in [0, 0.1) is 0 Å². The van der Waals surface area contributed by atoms with Gasteiger partial charge in [0.1, 0.15) is 0 Å². The highest BCUT2D eigenvalue weighted by molar-refractivity contribution is 5.40. The van der Waals surface area contributed by atoms with Gasteiger partial charge in [-0.1, -0.05) is 0 Å². The Bertz CT molecular complexity index is 434. The van der Waals surface area contributed by atoms with Crippen molar-refractivity contribution >= 4 is 11.8 Å². The van der Waals surface area contributed by atoms with Crippen molar-refractivity contribution in [3.8, 4) is 0 Å².